The summed E-state index contributed by atoms with van der Waals surface area (Å²) in [6.07, 6.45) is 0. The minimum absolute atomic E-state index is 0.754. The number of benzene rings is 9. The number of fused-ring (bicyclic) bond motifs is 11. The highest BCUT2D eigenvalue weighted by Gasteiger charge is 2.25. The molecular formula is C56H44N2O2. The second-order valence-corrected chi connectivity index (χ2v) is 16.7. The van der Waals surface area contributed by atoms with Gasteiger partial charge in [-0.2, -0.15) is 0 Å². The predicted molar refractivity (Wildman–Crippen MR) is 254 cm³/mol. The van der Waals surface area contributed by atoms with E-state index in [4.69, 9.17) is 8.83 Å². The van der Waals surface area contributed by atoms with Crippen LogP contribution in [0.15, 0.2) is 167 Å². The lowest BCUT2D eigenvalue weighted by atomic mass is 9.98. The van der Waals surface area contributed by atoms with E-state index in [1.165, 1.54) is 33.4 Å². The molecule has 0 fully saturated rings. The SMILES string of the molecule is Cc1ccc(N(c2cc(C)cc(C)c2)c2cc3oc4c(ccc5c4oc4cc(N(c6ccc(C)cc6)c6cc(C)cc(C)c6)c6ccccc6c45)c3c3ccccc23)cc1. The maximum absolute atomic E-state index is 7.07. The van der Waals surface area contributed by atoms with Gasteiger partial charge in [-0.15, -0.1) is 0 Å². The number of anilines is 6. The minimum Gasteiger partial charge on any atom is -0.452 e. The Labute approximate surface area is 349 Å². The summed E-state index contributed by atoms with van der Waals surface area (Å²) in [5, 5.41) is 8.81. The topological polar surface area (TPSA) is 32.8 Å². The molecule has 0 aliphatic heterocycles. The highest BCUT2D eigenvalue weighted by Crippen LogP contribution is 2.49. The molecular weight excluding hydrogens is 733 g/mol. The van der Waals surface area contributed by atoms with Crippen LogP contribution in [0.3, 0.4) is 0 Å². The highest BCUT2D eigenvalue weighted by molar-refractivity contribution is 6.29. The van der Waals surface area contributed by atoms with Crippen LogP contribution in [-0.2, 0) is 0 Å². The van der Waals surface area contributed by atoms with Crippen molar-refractivity contribution in [2.45, 2.75) is 41.5 Å². The largest absolute Gasteiger partial charge is 0.452 e. The van der Waals surface area contributed by atoms with Crippen molar-refractivity contribution in [1.29, 1.82) is 0 Å². The van der Waals surface area contributed by atoms with Crippen LogP contribution in [0.5, 0.6) is 0 Å². The van der Waals surface area contributed by atoms with Crippen molar-refractivity contribution in [3.8, 4) is 0 Å². The van der Waals surface area contributed by atoms with Crippen molar-refractivity contribution in [2.24, 2.45) is 0 Å². The fraction of sp³-hybridized carbons (Fsp3) is 0.107. The molecule has 0 aliphatic rings. The zero-order valence-electron chi connectivity index (χ0n) is 34.7. The van der Waals surface area contributed by atoms with E-state index in [2.05, 4.69) is 209 Å². The second-order valence-electron chi connectivity index (χ2n) is 16.7. The third-order valence-electron chi connectivity index (χ3n) is 12.0. The summed E-state index contributed by atoms with van der Waals surface area (Å²) in [7, 11) is 0. The number of hydrogen-bond acceptors (Lipinski definition) is 4. The maximum atomic E-state index is 7.07. The van der Waals surface area contributed by atoms with Crippen LogP contribution in [0.25, 0.3) is 65.4 Å². The Hall–Kier alpha value is -7.30. The average molecular weight is 777 g/mol. The van der Waals surface area contributed by atoms with Crippen molar-refractivity contribution in [1.82, 2.24) is 0 Å². The molecule has 0 bridgehead atoms. The molecule has 0 aliphatic carbocycles. The third kappa shape index (κ3) is 5.74. The summed E-state index contributed by atoms with van der Waals surface area (Å²) in [6.45, 7) is 12.9. The summed E-state index contributed by atoms with van der Waals surface area (Å²) in [6, 6.07) is 57.4. The lowest BCUT2D eigenvalue weighted by Gasteiger charge is -2.28. The molecule has 0 amide bonds. The zero-order valence-corrected chi connectivity index (χ0v) is 34.7. The first kappa shape index (κ1) is 35.8. The van der Waals surface area contributed by atoms with Gasteiger partial charge in [0, 0.05) is 67.2 Å². The van der Waals surface area contributed by atoms with Gasteiger partial charge >= 0.3 is 0 Å². The first-order chi connectivity index (χ1) is 29.2. The van der Waals surface area contributed by atoms with Crippen molar-refractivity contribution in [2.75, 3.05) is 9.80 Å². The molecule has 4 heteroatoms. The molecule has 4 nitrogen and oxygen atoms in total. The summed E-state index contributed by atoms with van der Waals surface area (Å²) in [5.41, 5.74) is 17.0. The van der Waals surface area contributed by atoms with Crippen LogP contribution in [0, 0.1) is 41.5 Å². The number of furan rings is 2. The molecule has 2 aromatic heterocycles. The van der Waals surface area contributed by atoms with Gasteiger partial charge in [0.25, 0.3) is 0 Å². The van der Waals surface area contributed by atoms with E-state index in [0.717, 1.165) is 99.5 Å². The Morgan fingerprint density at radius 2 is 0.650 bits per heavy atom. The lowest BCUT2D eigenvalue weighted by molar-refractivity contribution is 0.633. The molecule has 0 radical (unpaired) electrons. The maximum Gasteiger partial charge on any atom is 0.178 e. The molecule has 0 spiro atoms. The van der Waals surface area contributed by atoms with Gasteiger partial charge in [-0.1, -0.05) is 96.1 Å². The van der Waals surface area contributed by atoms with Crippen LogP contribution >= 0.6 is 0 Å². The molecule has 11 rings (SSSR count). The molecule has 2 heterocycles. The van der Waals surface area contributed by atoms with Crippen molar-refractivity contribution < 1.29 is 8.83 Å². The minimum atomic E-state index is 0.754. The molecule has 0 unspecified atom stereocenters. The molecule has 60 heavy (non-hydrogen) atoms. The summed E-state index contributed by atoms with van der Waals surface area (Å²) in [5.74, 6) is 0. The third-order valence-corrected chi connectivity index (χ3v) is 12.0. The van der Waals surface area contributed by atoms with E-state index in [0.29, 0.717) is 0 Å². The molecule has 0 N–H and O–H groups in total. The molecule has 11 aromatic rings. The van der Waals surface area contributed by atoms with Gasteiger partial charge in [0.05, 0.1) is 11.4 Å². The van der Waals surface area contributed by atoms with E-state index >= 15 is 0 Å². The van der Waals surface area contributed by atoms with Crippen LogP contribution in [0.2, 0.25) is 0 Å². The van der Waals surface area contributed by atoms with Crippen LogP contribution < -0.4 is 9.80 Å². The van der Waals surface area contributed by atoms with E-state index in [1.807, 2.05) is 0 Å². The van der Waals surface area contributed by atoms with Gasteiger partial charge in [-0.3, -0.25) is 0 Å². The molecule has 0 saturated heterocycles. The van der Waals surface area contributed by atoms with Crippen LogP contribution in [0.4, 0.5) is 34.1 Å². The van der Waals surface area contributed by atoms with E-state index in [9.17, 15) is 0 Å². The lowest BCUT2D eigenvalue weighted by Crippen LogP contribution is -2.11. The van der Waals surface area contributed by atoms with Crippen molar-refractivity contribution in [3.05, 3.63) is 191 Å². The fourth-order valence-electron chi connectivity index (χ4n) is 9.53. The quantitative estimate of drug-likeness (QED) is 0.168. The summed E-state index contributed by atoms with van der Waals surface area (Å²) < 4.78 is 14.1. The number of aryl methyl sites for hydroxylation is 6. The van der Waals surface area contributed by atoms with E-state index in [1.54, 1.807) is 0 Å². The number of nitrogens with zero attached hydrogens (tertiary/aromatic N) is 2. The standard InChI is InChI=1S/C56H44N2O2/c1-33-15-19-39(20-16-33)57(41-27-35(3)25-36(4)28-41)49-31-51-53(45-13-9-7-11-43(45)49)47-23-24-48-54-46-14-10-8-12-44(46)50(32-52(54)60-56(48)55(47)59-51)58(40-21-17-34(2)18-22-40)42-29-37(5)26-38(6)30-42/h7-32H,1-6H3. The second kappa shape index (κ2) is 13.6. The van der Waals surface area contributed by atoms with Crippen LogP contribution in [-0.4, -0.2) is 0 Å². The van der Waals surface area contributed by atoms with E-state index in [-0.39, 0.29) is 0 Å². The Kier molecular flexibility index (Phi) is 8.15. The Balaban J connectivity index is 1.18. The van der Waals surface area contributed by atoms with Gasteiger partial charge in [-0.25, -0.2) is 0 Å². The van der Waals surface area contributed by atoms with Gasteiger partial charge < -0.3 is 18.6 Å². The van der Waals surface area contributed by atoms with Crippen molar-refractivity contribution >= 4 is 99.5 Å². The summed E-state index contributed by atoms with van der Waals surface area (Å²) in [4.78, 5) is 4.74. The smallest absolute Gasteiger partial charge is 0.178 e. The van der Waals surface area contributed by atoms with Gasteiger partial charge in [0.1, 0.15) is 11.2 Å². The Bertz CT molecular complexity index is 3220. The first-order valence-corrected chi connectivity index (χ1v) is 20.7. The normalized spacial score (nSPS) is 11.8. The Morgan fingerprint density at radius 1 is 0.300 bits per heavy atom. The fourth-order valence-corrected chi connectivity index (χ4v) is 9.53. The zero-order chi connectivity index (χ0) is 40.8. The average Bonchev–Trinajstić information content (AvgIpc) is 3.81. The van der Waals surface area contributed by atoms with Gasteiger partial charge in [-0.05, 0) is 135 Å². The first-order valence-electron chi connectivity index (χ1n) is 20.7. The monoisotopic (exact) mass is 776 g/mol. The summed E-state index contributed by atoms with van der Waals surface area (Å²) >= 11 is 0. The predicted octanol–water partition coefficient (Wildman–Crippen LogP) is 16.6. The Morgan fingerprint density at radius 3 is 1.02 bits per heavy atom. The number of rotatable bonds is 6. The molecule has 0 saturated carbocycles. The van der Waals surface area contributed by atoms with Crippen molar-refractivity contribution in [3.63, 3.8) is 0 Å². The molecule has 0 atom stereocenters. The highest BCUT2D eigenvalue weighted by atomic mass is 16.4. The van der Waals surface area contributed by atoms with Gasteiger partial charge in [0.2, 0.25) is 0 Å². The van der Waals surface area contributed by atoms with Gasteiger partial charge in [0.15, 0.2) is 11.2 Å². The molecule has 9 aromatic carbocycles. The molecule has 290 valence electrons. The van der Waals surface area contributed by atoms with Crippen LogP contribution in [0.1, 0.15) is 33.4 Å². The number of hydrogen-bond donors (Lipinski definition) is 0. The van der Waals surface area contributed by atoms with E-state index < -0.39 is 0 Å².